The lowest BCUT2D eigenvalue weighted by atomic mass is 9.74. The summed E-state index contributed by atoms with van der Waals surface area (Å²) in [7, 11) is 0. The molecule has 202 valence electrons. The molecule has 0 unspecified atom stereocenters. The minimum Gasteiger partial charge on any atom is -0.294 e. The van der Waals surface area contributed by atoms with Gasteiger partial charge in [0.1, 0.15) is 18.2 Å². The maximum atomic E-state index is 14.0. The predicted octanol–water partition coefficient (Wildman–Crippen LogP) is 6.23. The molecule has 0 saturated carbocycles. The normalized spacial score (nSPS) is 16.9. The van der Waals surface area contributed by atoms with Crippen molar-refractivity contribution in [1.29, 1.82) is 5.26 Å². The lowest BCUT2D eigenvalue weighted by molar-refractivity contribution is -0.137. The first-order chi connectivity index (χ1) is 19.1. The molecule has 1 aliphatic rings. The topological polar surface area (TPSA) is 79.0 Å². The van der Waals surface area contributed by atoms with Gasteiger partial charge in [-0.05, 0) is 48.9 Å². The Morgan fingerprint density at radius 1 is 1.02 bits per heavy atom. The number of nitrogens with zero attached hydrogens (tertiary/aromatic N) is 4. The van der Waals surface area contributed by atoms with E-state index < -0.39 is 47.5 Å². The van der Waals surface area contributed by atoms with Crippen LogP contribution in [0.2, 0.25) is 0 Å². The number of hydrogen-bond donors (Lipinski definition) is 0. The number of carbonyl (C=O) groups excluding carboxylic acids is 2. The third kappa shape index (κ3) is 4.86. The molecule has 3 aromatic carbocycles. The van der Waals surface area contributed by atoms with Gasteiger partial charge in [0.15, 0.2) is 5.78 Å². The average molecular weight is 547 g/mol. The lowest BCUT2D eigenvalue weighted by Gasteiger charge is -2.37. The molecule has 0 bridgehead atoms. The molecule has 0 saturated heterocycles. The van der Waals surface area contributed by atoms with Crippen molar-refractivity contribution in [3.05, 3.63) is 113 Å². The monoisotopic (exact) mass is 546 g/mol. The van der Waals surface area contributed by atoms with Crippen LogP contribution in [0.1, 0.15) is 45.1 Å². The lowest BCUT2D eigenvalue weighted by Crippen LogP contribution is -2.45. The average Bonchev–Trinajstić information content (AvgIpc) is 3.28. The van der Waals surface area contributed by atoms with Gasteiger partial charge < -0.3 is 0 Å². The van der Waals surface area contributed by atoms with Crippen molar-refractivity contribution >= 4 is 17.5 Å². The minimum atomic E-state index is -4.64. The summed E-state index contributed by atoms with van der Waals surface area (Å²) in [5, 5.41) is 14.3. The van der Waals surface area contributed by atoms with Gasteiger partial charge in [-0.2, -0.15) is 23.5 Å². The highest BCUT2D eigenvalue weighted by Crippen LogP contribution is 2.47. The van der Waals surface area contributed by atoms with Crippen molar-refractivity contribution in [2.24, 2.45) is 5.92 Å². The molecule has 0 N–H and O–H groups in total. The van der Waals surface area contributed by atoms with E-state index in [1.165, 1.54) is 35.2 Å². The van der Waals surface area contributed by atoms with Crippen molar-refractivity contribution in [3.8, 4) is 11.8 Å². The molecule has 1 amide bonds. The summed E-state index contributed by atoms with van der Waals surface area (Å²) in [6.07, 6.45) is -5.07. The van der Waals surface area contributed by atoms with E-state index in [1.807, 2.05) is 12.1 Å². The molecule has 0 spiro atoms. The van der Waals surface area contributed by atoms with Crippen molar-refractivity contribution in [3.63, 3.8) is 0 Å². The van der Waals surface area contributed by atoms with Gasteiger partial charge in [-0.15, -0.1) is 0 Å². The smallest absolute Gasteiger partial charge is 0.294 e. The van der Waals surface area contributed by atoms with Crippen LogP contribution in [0.15, 0.2) is 78.9 Å². The Morgan fingerprint density at radius 2 is 1.73 bits per heavy atom. The van der Waals surface area contributed by atoms with Crippen LogP contribution in [0.25, 0.3) is 5.69 Å². The number of aromatic nitrogens is 2. The fraction of sp³-hybridized carbons (Fsp3) is 0.200. The third-order valence-electron chi connectivity index (χ3n) is 7.01. The first-order valence-corrected chi connectivity index (χ1v) is 12.4. The number of carbonyl (C=O) groups is 2. The van der Waals surface area contributed by atoms with E-state index in [9.17, 15) is 32.4 Å². The molecule has 0 aliphatic carbocycles. The second kappa shape index (κ2) is 10.4. The number of alkyl halides is 3. The molecule has 2 atom stereocenters. The van der Waals surface area contributed by atoms with Crippen molar-refractivity contribution < 1.29 is 27.2 Å². The standard InChI is InChI=1S/C30H22F4N4O2/c1-18-26-27(19-10-12-22(31)13-11-19)24(17-25(39)20-6-5-7-21(16-20)30(32,33)34)29(40)37(15-14-35)28(26)38(36-18)23-8-3-2-4-9-23/h2-13,16,24,27H,15,17H2,1H3/t24-,27+/m0/s1. The number of nitriles is 1. The Bertz CT molecular complexity index is 1620. The van der Waals surface area contributed by atoms with Crippen LogP contribution in [0.3, 0.4) is 0 Å². The van der Waals surface area contributed by atoms with Crippen molar-refractivity contribution in [2.45, 2.75) is 25.4 Å². The Labute approximate surface area is 227 Å². The fourth-order valence-electron chi connectivity index (χ4n) is 5.23. The summed E-state index contributed by atoms with van der Waals surface area (Å²) in [6, 6.07) is 20.5. The highest BCUT2D eigenvalue weighted by molar-refractivity contribution is 6.04. The highest BCUT2D eigenvalue weighted by Gasteiger charge is 2.46. The number of benzene rings is 3. The number of aryl methyl sites for hydroxylation is 1. The molecule has 40 heavy (non-hydrogen) atoms. The number of para-hydroxylation sites is 1. The quantitative estimate of drug-likeness (QED) is 0.163. The minimum absolute atomic E-state index is 0.185. The third-order valence-corrected chi connectivity index (χ3v) is 7.01. The van der Waals surface area contributed by atoms with E-state index >= 15 is 0 Å². The van der Waals surface area contributed by atoms with E-state index in [-0.39, 0.29) is 12.1 Å². The molecular weight excluding hydrogens is 524 g/mol. The summed E-state index contributed by atoms with van der Waals surface area (Å²) >= 11 is 0. The number of hydrogen-bond acceptors (Lipinski definition) is 4. The number of Topliss-reactive ketones (excluding diaryl/α,β-unsaturated/α-hetero) is 1. The zero-order valence-corrected chi connectivity index (χ0v) is 21.2. The molecule has 1 aromatic heterocycles. The van der Waals surface area contributed by atoms with Gasteiger partial charge >= 0.3 is 6.18 Å². The van der Waals surface area contributed by atoms with E-state index in [2.05, 4.69) is 5.10 Å². The SMILES string of the molecule is Cc1nn(-c2ccccc2)c2c1[C@H](c1ccc(F)cc1)[C@H](CC(=O)c1cccc(C(F)(F)F)c1)C(=O)N2CC#N. The van der Waals surface area contributed by atoms with Gasteiger partial charge in [-0.25, -0.2) is 9.07 Å². The fourth-order valence-corrected chi connectivity index (χ4v) is 5.23. The summed E-state index contributed by atoms with van der Waals surface area (Å²) < 4.78 is 55.4. The Kier molecular flexibility index (Phi) is 6.98. The van der Waals surface area contributed by atoms with E-state index in [4.69, 9.17) is 0 Å². The van der Waals surface area contributed by atoms with Gasteiger partial charge in [0, 0.05) is 23.5 Å². The number of halogens is 4. The van der Waals surface area contributed by atoms with Crippen LogP contribution in [0.4, 0.5) is 23.4 Å². The largest absolute Gasteiger partial charge is 0.416 e. The summed E-state index contributed by atoms with van der Waals surface area (Å²) in [5.41, 5.74) is 1.11. The number of anilines is 1. The zero-order valence-electron chi connectivity index (χ0n) is 21.2. The summed E-state index contributed by atoms with van der Waals surface area (Å²) in [5.74, 6) is -3.21. The van der Waals surface area contributed by atoms with E-state index in [0.717, 1.165) is 18.2 Å². The summed E-state index contributed by atoms with van der Waals surface area (Å²) in [4.78, 5) is 28.7. The van der Waals surface area contributed by atoms with E-state index in [1.54, 1.807) is 35.9 Å². The molecule has 0 fully saturated rings. The molecule has 10 heteroatoms. The van der Waals surface area contributed by atoms with Crippen LogP contribution in [0, 0.1) is 30.0 Å². The first kappa shape index (κ1) is 26.8. The van der Waals surface area contributed by atoms with Gasteiger partial charge in [-0.3, -0.25) is 14.5 Å². The zero-order chi connectivity index (χ0) is 28.6. The van der Waals surface area contributed by atoms with Gasteiger partial charge in [0.05, 0.1) is 28.9 Å². The Morgan fingerprint density at radius 3 is 2.38 bits per heavy atom. The highest BCUT2D eigenvalue weighted by atomic mass is 19.4. The second-order valence-corrected chi connectivity index (χ2v) is 9.49. The van der Waals surface area contributed by atoms with Crippen molar-refractivity contribution in [1.82, 2.24) is 9.78 Å². The van der Waals surface area contributed by atoms with Crippen LogP contribution < -0.4 is 4.90 Å². The molecule has 0 radical (unpaired) electrons. The molecule has 1 aliphatic heterocycles. The molecule has 2 heterocycles. The number of ketones is 1. The number of fused-ring (bicyclic) bond motifs is 1. The van der Waals surface area contributed by atoms with Crippen LogP contribution >= 0.6 is 0 Å². The van der Waals surface area contributed by atoms with Gasteiger partial charge in [0.25, 0.3) is 0 Å². The predicted molar refractivity (Wildman–Crippen MR) is 138 cm³/mol. The van der Waals surface area contributed by atoms with E-state index in [0.29, 0.717) is 28.3 Å². The Balaban J connectivity index is 1.67. The number of rotatable bonds is 6. The van der Waals surface area contributed by atoms with Gasteiger partial charge in [-0.1, -0.05) is 42.5 Å². The number of amides is 1. The molecular formula is C30H22F4N4O2. The van der Waals surface area contributed by atoms with Crippen LogP contribution in [-0.2, 0) is 11.0 Å². The Hall–Kier alpha value is -4.78. The van der Waals surface area contributed by atoms with Crippen LogP contribution in [0.5, 0.6) is 0 Å². The molecule has 4 aromatic rings. The first-order valence-electron chi connectivity index (χ1n) is 12.4. The van der Waals surface area contributed by atoms with Gasteiger partial charge in [0.2, 0.25) is 5.91 Å². The van der Waals surface area contributed by atoms with Crippen LogP contribution in [-0.4, -0.2) is 28.0 Å². The summed E-state index contributed by atoms with van der Waals surface area (Å²) in [6.45, 7) is 1.40. The maximum absolute atomic E-state index is 14.0. The van der Waals surface area contributed by atoms with Crippen molar-refractivity contribution in [2.75, 3.05) is 11.4 Å². The second-order valence-electron chi connectivity index (χ2n) is 9.49. The molecule has 5 rings (SSSR count). The maximum Gasteiger partial charge on any atom is 0.416 e. The molecule has 6 nitrogen and oxygen atoms in total.